The minimum absolute atomic E-state index is 0.0474. The molecule has 0 aliphatic carbocycles. The average molecular weight is 426 g/mol. The number of pyridine rings is 1. The third-order valence-electron chi connectivity index (χ3n) is 7.24. The van der Waals surface area contributed by atoms with Crippen molar-refractivity contribution in [1.82, 2.24) is 25.2 Å². The number of likely N-dealkylation sites (N-methyl/N-ethyl adjacent to an activating group) is 1. The topological polar surface area (TPSA) is 85.3 Å². The molecule has 1 saturated heterocycles. The molecular weight excluding hydrogens is 390 g/mol. The Morgan fingerprint density at radius 3 is 2.58 bits per heavy atom. The molecule has 3 aromatic rings. The Bertz CT molecular complexity index is 1140. The van der Waals surface area contributed by atoms with Crippen LogP contribution < -0.4 is 15.4 Å². The number of nitrogens with zero attached hydrogens (tertiary/aromatic N) is 4. The predicted octanol–water partition coefficient (Wildman–Crippen LogP) is -0.221. The molecule has 1 atom stereocenters. The zero-order chi connectivity index (χ0) is 22.3. The number of nitrogens with one attached hydrogen (secondary N) is 3. The smallest absolute Gasteiger partial charge is 0.258 e. The molecule has 166 valence electrons. The third-order valence-corrected chi connectivity index (χ3v) is 7.24. The van der Waals surface area contributed by atoms with Gasteiger partial charge < -0.3 is 14.8 Å². The van der Waals surface area contributed by atoms with Gasteiger partial charge >= 0.3 is 0 Å². The fourth-order valence-electron chi connectivity index (χ4n) is 4.54. The molecule has 0 bridgehead atoms. The van der Waals surface area contributed by atoms with Gasteiger partial charge in [0.15, 0.2) is 6.04 Å². The number of hydrogen-bond acceptors (Lipinski definition) is 4. The third kappa shape index (κ3) is 3.90. The summed E-state index contributed by atoms with van der Waals surface area (Å²) in [5.41, 5.74) is 3.67. The number of quaternary nitrogens is 2. The van der Waals surface area contributed by atoms with Crippen molar-refractivity contribution in [3.8, 4) is 0 Å². The number of H-pyrrole nitrogens is 1. The van der Waals surface area contributed by atoms with Crippen LogP contribution in [0.25, 0.3) is 10.9 Å². The highest BCUT2D eigenvalue weighted by molar-refractivity contribution is 5.83. The first kappa shape index (κ1) is 21.6. The van der Waals surface area contributed by atoms with Gasteiger partial charge in [-0.15, -0.1) is 5.10 Å². The summed E-state index contributed by atoms with van der Waals surface area (Å²) in [7, 11) is 2.23. The molecule has 8 heteroatoms. The summed E-state index contributed by atoms with van der Waals surface area (Å²) >= 11 is 0. The van der Waals surface area contributed by atoms with Gasteiger partial charge in [-0.25, -0.2) is 4.68 Å². The van der Waals surface area contributed by atoms with E-state index in [2.05, 4.69) is 80.4 Å². The fourth-order valence-corrected chi connectivity index (χ4v) is 4.54. The number of aromatic nitrogens is 5. The number of aromatic amines is 1. The SMILES string of the molecule is CCC(C)(C)n1nnnc1[C@@H](c1cc2ccc(C)c(C)c2[nH]c1=O)[NH+]1CC[NH+](C)CC1. The van der Waals surface area contributed by atoms with E-state index in [4.69, 9.17) is 0 Å². The molecule has 0 radical (unpaired) electrons. The van der Waals surface area contributed by atoms with E-state index < -0.39 is 0 Å². The van der Waals surface area contributed by atoms with Crippen molar-refractivity contribution in [3.63, 3.8) is 0 Å². The van der Waals surface area contributed by atoms with Crippen molar-refractivity contribution in [3.05, 3.63) is 51.1 Å². The summed E-state index contributed by atoms with van der Waals surface area (Å²) in [6.45, 7) is 14.6. The largest absolute Gasteiger partial charge is 0.328 e. The molecule has 0 spiro atoms. The lowest BCUT2D eigenvalue weighted by Crippen LogP contribution is -3.27. The number of aryl methyl sites for hydroxylation is 2. The highest BCUT2D eigenvalue weighted by Crippen LogP contribution is 2.26. The zero-order valence-electron chi connectivity index (χ0n) is 19.5. The van der Waals surface area contributed by atoms with Crippen LogP contribution in [0.5, 0.6) is 0 Å². The van der Waals surface area contributed by atoms with Gasteiger partial charge in [0, 0.05) is 0 Å². The van der Waals surface area contributed by atoms with E-state index >= 15 is 0 Å². The van der Waals surface area contributed by atoms with Gasteiger partial charge in [0.1, 0.15) is 26.2 Å². The van der Waals surface area contributed by atoms with Crippen LogP contribution in [0.1, 0.15) is 55.7 Å². The molecule has 0 unspecified atom stereocenters. The predicted molar refractivity (Wildman–Crippen MR) is 121 cm³/mol. The molecule has 0 saturated carbocycles. The Morgan fingerprint density at radius 2 is 1.90 bits per heavy atom. The van der Waals surface area contributed by atoms with Crippen molar-refractivity contribution in [2.45, 2.75) is 52.6 Å². The molecule has 3 heterocycles. The van der Waals surface area contributed by atoms with Crippen LogP contribution in [0.4, 0.5) is 0 Å². The van der Waals surface area contributed by atoms with Gasteiger partial charge in [-0.1, -0.05) is 19.1 Å². The first-order valence-electron chi connectivity index (χ1n) is 11.3. The normalized spacial score (nSPS) is 20.8. The van der Waals surface area contributed by atoms with E-state index in [0.717, 1.165) is 60.5 Å². The summed E-state index contributed by atoms with van der Waals surface area (Å²) in [4.78, 5) is 19.5. The number of benzene rings is 1. The van der Waals surface area contributed by atoms with Gasteiger partial charge in [0.25, 0.3) is 5.56 Å². The fraction of sp³-hybridized carbons (Fsp3) is 0.565. The van der Waals surface area contributed by atoms with E-state index in [1.807, 2.05) is 4.68 Å². The van der Waals surface area contributed by atoms with Crippen LogP contribution in [0.15, 0.2) is 23.0 Å². The molecule has 31 heavy (non-hydrogen) atoms. The van der Waals surface area contributed by atoms with E-state index in [0.29, 0.717) is 0 Å². The van der Waals surface area contributed by atoms with Crippen LogP contribution >= 0.6 is 0 Å². The molecule has 4 rings (SSSR count). The summed E-state index contributed by atoms with van der Waals surface area (Å²) in [6.07, 6.45) is 0.895. The Morgan fingerprint density at radius 1 is 1.19 bits per heavy atom. The van der Waals surface area contributed by atoms with Crippen molar-refractivity contribution in [2.24, 2.45) is 0 Å². The molecule has 1 aliphatic rings. The molecule has 1 fully saturated rings. The van der Waals surface area contributed by atoms with Crippen molar-refractivity contribution < 1.29 is 9.80 Å². The Labute approximate surface area is 183 Å². The molecule has 0 amide bonds. The summed E-state index contributed by atoms with van der Waals surface area (Å²) < 4.78 is 1.93. The van der Waals surface area contributed by atoms with E-state index in [1.165, 1.54) is 15.4 Å². The van der Waals surface area contributed by atoms with Crippen LogP contribution in [0.2, 0.25) is 0 Å². The second-order valence-corrected chi connectivity index (χ2v) is 9.69. The maximum absolute atomic E-state index is 13.4. The lowest BCUT2D eigenvalue weighted by Gasteiger charge is -2.34. The summed E-state index contributed by atoms with van der Waals surface area (Å²) in [5, 5.41) is 13.9. The maximum atomic E-state index is 13.4. The van der Waals surface area contributed by atoms with Crippen molar-refractivity contribution in [2.75, 3.05) is 33.2 Å². The standard InChI is InChI=1S/C23H33N7O/c1-7-23(4,5)30-21(25-26-27-30)20(29-12-10-28(6)11-13-29)18-14-17-9-8-15(2)16(3)19(17)24-22(18)31/h8-9,14,20H,7,10-13H2,1-6H3,(H,24,31)/p+2/t20-/m1/s1. The van der Waals surface area contributed by atoms with Crippen LogP contribution in [0, 0.1) is 13.8 Å². The van der Waals surface area contributed by atoms with E-state index in [1.54, 1.807) is 0 Å². The molecule has 8 nitrogen and oxygen atoms in total. The van der Waals surface area contributed by atoms with Gasteiger partial charge in [0.2, 0.25) is 5.82 Å². The molecule has 2 aromatic heterocycles. The van der Waals surface area contributed by atoms with Gasteiger partial charge in [-0.3, -0.25) is 4.79 Å². The Hall–Kier alpha value is -2.58. The van der Waals surface area contributed by atoms with Crippen LogP contribution in [-0.2, 0) is 5.54 Å². The highest BCUT2D eigenvalue weighted by Gasteiger charge is 2.39. The number of rotatable bonds is 5. The first-order chi connectivity index (χ1) is 14.7. The summed E-state index contributed by atoms with van der Waals surface area (Å²) in [5.74, 6) is 0.773. The van der Waals surface area contributed by atoms with E-state index in [-0.39, 0.29) is 17.1 Å². The van der Waals surface area contributed by atoms with Gasteiger partial charge in [0.05, 0.1) is 23.7 Å². The number of piperazine rings is 1. The van der Waals surface area contributed by atoms with Gasteiger partial charge in [-0.2, -0.15) is 0 Å². The maximum Gasteiger partial charge on any atom is 0.258 e. The summed E-state index contributed by atoms with van der Waals surface area (Å²) in [6, 6.07) is 6.06. The molecular formula is C23H35N7O+2. The average Bonchev–Trinajstić information content (AvgIpc) is 3.24. The number of hydrogen-bond donors (Lipinski definition) is 3. The minimum Gasteiger partial charge on any atom is -0.328 e. The van der Waals surface area contributed by atoms with Crippen LogP contribution in [0.3, 0.4) is 0 Å². The lowest BCUT2D eigenvalue weighted by molar-refractivity contribution is -1.02. The molecule has 1 aliphatic heterocycles. The Kier molecular flexibility index (Phi) is 5.70. The van der Waals surface area contributed by atoms with Crippen molar-refractivity contribution >= 4 is 10.9 Å². The quantitative estimate of drug-likeness (QED) is 0.528. The zero-order valence-corrected chi connectivity index (χ0v) is 19.5. The molecule has 3 N–H and O–H groups in total. The van der Waals surface area contributed by atoms with Crippen molar-refractivity contribution in [1.29, 1.82) is 0 Å². The minimum atomic E-state index is -0.230. The highest BCUT2D eigenvalue weighted by atomic mass is 16.1. The lowest BCUT2D eigenvalue weighted by atomic mass is 9.98. The van der Waals surface area contributed by atoms with Crippen LogP contribution in [-0.4, -0.2) is 58.4 Å². The van der Waals surface area contributed by atoms with Gasteiger partial charge in [-0.05, 0) is 67.1 Å². The number of tetrazole rings is 1. The number of fused-ring (bicyclic) bond motifs is 1. The van der Waals surface area contributed by atoms with E-state index in [9.17, 15) is 4.79 Å². The first-order valence-corrected chi connectivity index (χ1v) is 11.3. The Balaban J connectivity index is 1.91. The monoisotopic (exact) mass is 425 g/mol. The second-order valence-electron chi connectivity index (χ2n) is 9.69. The second kappa shape index (κ2) is 8.16. The molecule has 1 aromatic carbocycles.